The molecule has 19 heavy (non-hydrogen) atoms. The number of hydrogen-bond acceptors (Lipinski definition) is 4. The Bertz CT molecular complexity index is 545. The highest BCUT2D eigenvalue weighted by molar-refractivity contribution is 6.32. The summed E-state index contributed by atoms with van der Waals surface area (Å²) in [7, 11) is 2.48. The molecule has 1 aromatic rings. The first-order chi connectivity index (χ1) is 8.97. The van der Waals surface area contributed by atoms with Crippen LogP contribution in [0.4, 0.5) is 4.39 Å². The molecular formula is C13H12ClFO4. The summed E-state index contributed by atoms with van der Waals surface area (Å²) < 4.78 is 22.5. The van der Waals surface area contributed by atoms with Crippen molar-refractivity contribution in [2.75, 3.05) is 14.2 Å². The summed E-state index contributed by atoms with van der Waals surface area (Å²) in [5.74, 6) is -2.24. The van der Waals surface area contributed by atoms with Crippen LogP contribution in [0.5, 0.6) is 0 Å². The Kier molecular flexibility index (Phi) is 3.49. The minimum atomic E-state index is -1.16. The number of carbonyl (C=O) groups is 2. The lowest BCUT2D eigenvalue weighted by Gasteiger charge is -2.16. The SMILES string of the molecule is COC(=O)C1CC1(C(=O)OC)c1ccc(F)cc1Cl. The number of benzene rings is 1. The van der Waals surface area contributed by atoms with Crippen LogP contribution < -0.4 is 0 Å². The third kappa shape index (κ3) is 2.08. The molecule has 0 aliphatic heterocycles. The second kappa shape index (κ2) is 4.81. The van der Waals surface area contributed by atoms with E-state index in [-0.39, 0.29) is 11.4 Å². The molecule has 0 spiro atoms. The standard InChI is InChI=1S/C13H12ClFO4/c1-18-11(16)9-6-13(9,12(17)19-2)8-4-3-7(15)5-10(8)14/h3-5,9H,6H2,1-2H3. The van der Waals surface area contributed by atoms with Gasteiger partial charge in [-0.2, -0.15) is 0 Å². The van der Waals surface area contributed by atoms with E-state index in [0.29, 0.717) is 5.56 Å². The number of hydrogen-bond donors (Lipinski definition) is 0. The highest BCUT2D eigenvalue weighted by Gasteiger charge is 2.67. The smallest absolute Gasteiger partial charge is 0.317 e. The van der Waals surface area contributed by atoms with Crippen LogP contribution in [0.1, 0.15) is 12.0 Å². The fourth-order valence-electron chi connectivity index (χ4n) is 2.36. The van der Waals surface area contributed by atoms with Gasteiger partial charge in [0, 0.05) is 5.02 Å². The maximum absolute atomic E-state index is 13.1. The van der Waals surface area contributed by atoms with Crippen molar-refractivity contribution in [3.63, 3.8) is 0 Å². The Morgan fingerprint density at radius 1 is 1.37 bits per heavy atom. The van der Waals surface area contributed by atoms with Crippen molar-refractivity contribution in [1.29, 1.82) is 0 Å². The molecule has 1 fully saturated rings. The van der Waals surface area contributed by atoms with E-state index in [1.807, 2.05) is 0 Å². The van der Waals surface area contributed by atoms with Gasteiger partial charge in [-0.3, -0.25) is 9.59 Å². The molecule has 4 nitrogen and oxygen atoms in total. The summed E-state index contributed by atoms with van der Waals surface area (Å²) in [6, 6.07) is 3.70. The van der Waals surface area contributed by atoms with Gasteiger partial charge in [-0.25, -0.2) is 4.39 Å². The molecule has 0 heterocycles. The average Bonchev–Trinajstić information content (AvgIpc) is 3.13. The second-order valence-electron chi connectivity index (χ2n) is 4.37. The number of ether oxygens (including phenoxy) is 2. The van der Waals surface area contributed by atoms with Crippen molar-refractivity contribution in [2.45, 2.75) is 11.8 Å². The Balaban J connectivity index is 2.47. The molecule has 0 radical (unpaired) electrons. The zero-order valence-electron chi connectivity index (χ0n) is 10.4. The van der Waals surface area contributed by atoms with Crippen LogP contribution in [0.3, 0.4) is 0 Å². The van der Waals surface area contributed by atoms with Crippen molar-refractivity contribution < 1.29 is 23.5 Å². The van der Waals surface area contributed by atoms with Gasteiger partial charge in [0.2, 0.25) is 0 Å². The van der Waals surface area contributed by atoms with Gasteiger partial charge in [0.15, 0.2) is 0 Å². The van der Waals surface area contributed by atoms with Crippen molar-refractivity contribution in [3.8, 4) is 0 Å². The normalized spacial score (nSPS) is 24.7. The molecule has 1 aliphatic carbocycles. The van der Waals surface area contributed by atoms with Gasteiger partial charge in [0.05, 0.1) is 20.1 Å². The fourth-order valence-corrected chi connectivity index (χ4v) is 2.69. The van der Waals surface area contributed by atoms with Gasteiger partial charge in [0.25, 0.3) is 0 Å². The summed E-state index contributed by atoms with van der Waals surface area (Å²) in [5, 5.41) is 0.0943. The molecule has 0 N–H and O–H groups in total. The van der Waals surface area contributed by atoms with E-state index in [2.05, 4.69) is 4.74 Å². The van der Waals surface area contributed by atoms with E-state index >= 15 is 0 Å². The Hall–Kier alpha value is -1.62. The minimum absolute atomic E-state index is 0.0943. The van der Waals surface area contributed by atoms with Crippen molar-refractivity contribution >= 4 is 23.5 Å². The zero-order chi connectivity index (χ0) is 14.2. The van der Waals surface area contributed by atoms with Crippen LogP contribution in [0.15, 0.2) is 18.2 Å². The Labute approximate surface area is 114 Å². The monoisotopic (exact) mass is 286 g/mol. The molecule has 102 valence electrons. The summed E-state index contributed by atoms with van der Waals surface area (Å²) >= 11 is 5.97. The van der Waals surface area contributed by atoms with E-state index in [1.54, 1.807) is 0 Å². The predicted octanol–water partition coefficient (Wildman–Crippen LogP) is 2.08. The summed E-state index contributed by atoms with van der Waals surface area (Å²) in [6.45, 7) is 0. The lowest BCUT2D eigenvalue weighted by atomic mass is 9.93. The summed E-state index contributed by atoms with van der Waals surface area (Å²) in [5.41, 5.74) is -0.773. The lowest BCUT2D eigenvalue weighted by Crippen LogP contribution is -2.27. The Morgan fingerprint density at radius 3 is 2.58 bits per heavy atom. The number of esters is 2. The largest absolute Gasteiger partial charge is 0.469 e. The minimum Gasteiger partial charge on any atom is -0.469 e. The van der Waals surface area contributed by atoms with Crippen LogP contribution in [-0.4, -0.2) is 26.2 Å². The topological polar surface area (TPSA) is 52.6 Å². The lowest BCUT2D eigenvalue weighted by molar-refractivity contribution is -0.149. The number of rotatable bonds is 3. The zero-order valence-corrected chi connectivity index (χ0v) is 11.2. The number of carbonyl (C=O) groups excluding carboxylic acids is 2. The molecule has 1 aromatic carbocycles. The van der Waals surface area contributed by atoms with Crippen LogP contribution >= 0.6 is 11.6 Å². The molecule has 2 unspecified atom stereocenters. The van der Waals surface area contributed by atoms with E-state index in [9.17, 15) is 14.0 Å². The third-order valence-electron chi connectivity index (χ3n) is 3.41. The quantitative estimate of drug-likeness (QED) is 0.798. The maximum Gasteiger partial charge on any atom is 0.317 e. The first-order valence-electron chi connectivity index (χ1n) is 5.59. The molecule has 0 aromatic heterocycles. The van der Waals surface area contributed by atoms with Gasteiger partial charge < -0.3 is 9.47 Å². The first-order valence-corrected chi connectivity index (χ1v) is 5.97. The van der Waals surface area contributed by atoms with Crippen molar-refractivity contribution in [1.82, 2.24) is 0 Å². The second-order valence-corrected chi connectivity index (χ2v) is 4.77. The average molecular weight is 287 g/mol. The summed E-state index contributed by atoms with van der Waals surface area (Å²) in [6.07, 6.45) is 0.248. The molecule has 2 rings (SSSR count). The van der Waals surface area contributed by atoms with Crippen LogP contribution in [-0.2, 0) is 24.5 Å². The summed E-state index contributed by atoms with van der Waals surface area (Å²) in [4.78, 5) is 23.6. The highest BCUT2D eigenvalue weighted by Crippen LogP contribution is 2.57. The number of halogens is 2. The molecular weight excluding hydrogens is 275 g/mol. The van der Waals surface area contributed by atoms with Crippen LogP contribution in [0.2, 0.25) is 5.02 Å². The van der Waals surface area contributed by atoms with E-state index in [1.165, 1.54) is 26.4 Å². The van der Waals surface area contributed by atoms with E-state index in [4.69, 9.17) is 16.3 Å². The van der Waals surface area contributed by atoms with Gasteiger partial charge in [0.1, 0.15) is 11.2 Å². The maximum atomic E-state index is 13.1. The van der Waals surface area contributed by atoms with Gasteiger partial charge in [-0.1, -0.05) is 17.7 Å². The van der Waals surface area contributed by atoms with E-state index in [0.717, 1.165) is 6.07 Å². The van der Waals surface area contributed by atoms with Crippen LogP contribution in [0.25, 0.3) is 0 Å². The molecule has 1 saturated carbocycles. The van der Waals surface area contributed by atoms with Crippen molar-refractivity contribution in [2.24, 2.45) is 5.92 Å². The van der Waals surface area contributed by atoms with Gasteiger partial charge >= 0.3 is 11.9 Å². The molecule has 0 saturated heterocycles. The predicted molar refractivity (Wildman–Crippen MR) is 65.2 cm³/mol. The molecule has 0 amide bonds. The van der Waals surface area contributed by atoms with Gasteiger partial charge in [-0.05, 0) is 24.1 Å². The molecule has 6 heteroatoms. The number of methoxy groups -OCH3 is 2. The van der Waals surface area contributed by atoms with Crippen LogP contribution in [0, 0.1) is 11.7 Å². The third-order valence-corrected chi connectivity index (χ3v) is 3.72. The molecule has 2 atom stereocenters. The first kappa shape index (κ1) is 13.8. The highest BCUT2D eigenvalue weighted by atomic mass is 35.5. The fraction of sp³-hybridized carbons (Fsp3) is 0.385. The van der Waals surface area contributed by atoms with Gasteiger partial charge in [-0.15, -0.1) is 0 Å². The van der Waals surface area contributed by atoms with E-state index < -0.39 is 29.1 Å². The molecule has 0 bridgehead atoms. The molecule has 1 aliphatic rings. The van der Waals surface area contributed by atoms with Crippen molar-refractivity contribution in [3.05, 3.63) is 34.6 Å². The Morgan fingerprint density at radius 2 is 2.05 bits per heavy atom.